The third-order valence-electron chi connectivity index (χ3n) is 3.18. The highest BCUT2D eigenvalue weighted by Gasteiger charge is 2.18. The highest BCUT2D eigenvalue weighted by molar-refractivity contribution is 5.23. The van der Waals surface area contributed by atoms with Crippen LogP contribution in [0, 0.1) is 13.8 Å². The van der Waals surface area contributed by atoms with Crippen LogP contribution in [-0.2, 0) is 6.42 Å². The summed E-state index contributed by atoms with van der Waals surface area (Å²) in [5.74, 6) is 1.02. The van der Waals surface area contributed by atoms with E-state index in [9.17, 15) is 0 Å². The molecule has 0 saturated heterocycles. The summed E-state index contributed by atoms with van der Waals surface area (Å²) in [6, 6.07) is 6.27. The molecular formula is C15H20N2O. The Hall–Kier alpha value is -1.61. The van der Waals surface area contributed by atoms with E-state index in [1.807, 2.05) is 18.3 Å². The summed E-state index contributed by atoms with van der Waals surface area (Å²) < 4.78 is 5.60. The fraction of sp³-hybridized carbons (Fsp3) is 0.400. The Bertz CT molecular complexity index is 505. The largest absolute Gasteiger partial charge is 0.467 e. The summed E-state index contributed by atoms with van der Waals surface area (Å²) in [7, 11) is 0. The maximum Gasteiger partial charge on any atom is 0.123 e. The summed E-state index contributed by atoms with van der Waals surface area (Å²) >= 11 is 0. The molecule has 96 valence electrons. The minimum atomic E-state index is 0.193. The lowest BCUT2D eigenvalue weighted by atomic mass is 10.0. The van der Waals surface area contributed by atoms with Crippen molar-refractivity contribution in [3.05, 3.63) is 53.2 Å². The van der Waals surface area contributed by atoms with Crippen LogP contribution in [0.5, 0.6) is 0 Å². The topological polar surface area (TPSA) is 38.1 Å². The van der Waals surface area contributed by atoms with Crippen molar-refractivity contribution in [2.24, 2.45) is 0 Å². The number of hydrogen-bond donors (Lipinski definition) is 1. The zero-order valence-corrected chi connectivity index (χ0v) is 11.2. The van der Waals surface area contributed by atoms with Crippen LogP contribution in [0.1, 0.15) is 35.5 Å². The Morgan fingerprint density at radius 1 is 1.28 bits per heavy atom. The highest BCUT2D eigenvalue weighted by Crippen LogP contribution is 2.22. The number of nitrogens with zero attached hydrogens (tertiary/aromatic N) is 1. The first-order valence-electron chi connectivity index (χ1n) is 6.40. The molecule has 3 heteroatoms. The van der Waals surface area contributed by atoms with E-state index in [0.717, 1.165) is 24.4 Å². The van der Waals surface area contributed by atoms with E-state index in [1.54, 1.807) is 6.26 Å². The van der Waals surface area contributed by atoms with E-state index < -0.39 is 0 Å². The minimum Gasteiger partial charge on any atom is -0.467 e. The van der Waals surface area contributed by atoms with E-state index in [4.69, 9.17) is 4.42 Å². The number of pyridine rings is 1. The molecule has 0 fully saturated rings. The molecule has 2 aromatic rings. The molecule has 0 radical (unpaired) electrons. The molecule has 2 heterocycles. The lowest BCUT2D eigenvalue weighted by molar-refractivity contribution is 0.411. The average Bonchev–Trinajstić information content (AvgIpc) is 2.78. The van der Waals surface area contributed by atoms with Crippen molar-refractivity contribution in [3.63, 3.8) is 0 Å². The summed E-state index contributed by atoms with van der Waals surface area (Å²) in [4.78, 5) is 4.46. The monoisotopic (exact) mass is 244 g/mol. The lowest BCUT2D eigenvalue weighted by Crippen LogP contribution is -2.23. The van der Waals surface area contributed by atoms with Crippen molar-refractivity contribution >= 4 is 0 Å². The van der Waals surface area contributed by atoms with E-state index in [2.05, 4.69) is 37.1 Å². The van der Waals surface area contributed by atoms with Crippen LogP contribution >= 0.6 is 0 Å². The predicted octanol–water partition coefficient (Wildman–Crippen LogP) is 3.18. The molecule has 0 spiro atoms. The average molecular weight is 244 g/mol. The van der Waals surface area contributed by atoms with Crippen molar-refractivity contribution in [3.8, 4) is 0 Å². The molecule has 0 aliphatic carbocycles. The first-order valence-corrected chi connectivity index (χ1v) is 6.40. The molecule has 0 aliphatic heterocycles. The molecular weight excluding hydrogens is 224 g/mol. The molecule has 0 amide bonds. The van der Waals surface area contributed by atoms with Gasteiger partial charge >= 0.3 is 0 Å². The van der Waals surface area contributed by atoms with Crippen LogP contribution in [-0.4, -0.2) is 11.5 Å². The maximum atomic E-state index is 5.60. The Balaban J connectivity index is 2.22. The Labute approximate surface area is 108 Å². The third kappa shape index (κ3) is 2.79. The van der Waals surface area contributed by atoms with Crippen LogP contribution in [0.4, 0.5) is 0 Å². The second-order valence-electron chi connectivity index (χ2n) is 4.55. The number of likely N-dealkylation sites (N-methyl/N-ethyl adjacent to an activating group) is 1. The molecule has 0 aliphatic rings. The predicted molar refractivity (Wildman–Crippen MR) is 72.5 cm³/mol. The normalized spacial score (nSPS) is 12.6. The van der Waals surface area contributed by atoms with Gasteiger partial charge in [-0.3, -0.25) is 4.98 Å². The summed E-state index contributed by atoms with van der Waals surface area (Å²) in [6.45, 7) is 7.20. The number of aromatic nitrogens is 1. The van der Waals surface area contributed by atoms with Crippen LogP contribution in [0.3, 0.4) is 0 Å². The summed E-state index contributed by atoms with van der Waals surface area (Å²) in [5, 5.41) is 3.47. The SMILES string of the molecule is CCNC(Cc1ncccc1C)c1occc1C. The van der Waals surface area contributed by atoms with Crippen molar-refractivity contribution in [1.82, 2.24) is 10.3 Å². The van der Waals surface area contributed by atoms with Crippen LogP contribution in [0.15, 0.2) is 35.1 Å². The third-order valence-corrected chi connectivity index (χ3v) is 3.18. The Kier molecular flexibility index (Phi) is 4.15. The molecule has 0 aromatic carbocycles. The molecule has 1 unspecified atom stereocenters. The molecule has 2 aromatic heterocycles. The molecule has 0 saturated carbocycles. The van der Waals surface area contributed by atoms with Crippen molar-refractivity contribution in [1.29, 1.82) is 0 Å². The van der Waals surface area contributed by atoms with Crippen LogP contribution in [0.2, 0.25) is 0 Å². The van der Waals surface area contributed by atoms with Gasteiger partial charge in [0.05, 0.1) is 12.3 Å². The lowest BCUT2D eigenvalue weighted by Gasteiger charge is -2.17. The van der Waals surface area contributed by atoms with E-state index in [1.165, 1.54) is 11.1 Å². The van der Waals surface area contributed by atoms with Gasteiger partial charge in [-0.05, 0) is 43.7 Å². The second-order valence-corrected chi connectivity index (χ2v) is 4.55. The van der Waals surface area contributed by atoms with Gasteiger partial charge in [-0.2, -0.15) is 0 Å². The fourth-order valence-electron chi connectivity index (χ4n) is 2.17. The van der Waals surface area contributed by atoms with Gasteiger partial charge in [0.1, 0.15) is 5.76 Å². The van der Waals surface area contributed by atoms with Gasteiger partial charge in [-0.1, -0.05) is 13.0 Å². The van der Waals surface area contributed by atoms with Crippen LogP contribution in [0.25, 0.3) is 0 Å². The molecule has 0 bridgehead atoms. The number of nitrogens with one attached hydrogen (secondary N) is 1. The van der Waals surface area contributed by atoms with Gasteiger partial charge < -0.3 is 9.73 Å². The van der Waals surface area contributed by atoms with E-state index >= 15 is 0 Å². The van der Waals surface area contributed by atoms with Crippen molar-refractivity contribution in [2.45, 2.75) is 33.2 Å². The zero-order valence-electron chi connectivity index (χ0n) is 11.2. The fourth-order valence-corrected chi connectivity index (χ4v) is 2.17. The number of rotatable bonds is 5. The van der Waals surface area contributed by atoms with E-state index in [-0.39, 0.29) is 6.04 Å². The number of hydrogen-bond acceptors (Lipinski definition) is 3. The second kappa shape index (κ2) is 5.83. The van der Waals surface area contributed by atoms with Gasteiger partial charge in [-0.25, -0.2) is 0 Å². The van der Waals surface area contributed by atoms with E-state index in [0.29, 0.717) is 0 Å². The summed E-state index contributed by atoms with van der Waals surface area (Å²) in [5.41, 5.74) is 3.54. The number of furan rings is 1. The van der Waals surface area contributed by atoms with Crippen LogP contribution < -0.4 is 5.32 Å². The standard InChI is InChI=1S/C15H20N2O/c1-4-16-14(15-12(3)7-9-18-15)10-13-11(2)6-5-8-17-13/h5-9,14,16H,4,10H2,1-3H3. The zero-order chi connectivity index (χ0) is 13.0. The number of aryl methyl sites for hydroxylation is 2. The van der Waals surface area contributed by atoms with Gasteiger partial charge in [0.2, 0.25) is 0 Å². The minimum absolute atomic E-state index is 0.193. The molecule has 1 N–H and O–H groups in total. The Morgan fingerprint density at radius 2 is 2.11 bits per heavy atom. The van der Waals surface area contributed by atoms with Gasteiger partial charge in [0.25, 0.3) is 0 Å². The molecule has 3 nitrogen and oxygen atoms in total. The van der Waals surface area contributed by atoms with Gasteiger partial charge in [0.15, 0.2) is 0 Å². The smallest absolute Gasteiger partial charge is 0.123 e. The highest BCUT2D eigenvalue weighted by atomic mass is 16.3. The Morgan fingerprint density at radius 3 is 2.72 bits per heavy atom. The maximum absolute atomic E-state index is 5.60. The van der Waals surface area contributed by atoms with Crippen molar-refractivity contribution in [2.75, 3.05) is 6.54 Å². The molecule has 2 rings (SSSR count). The first-order chi connectivity index (χ1) is 8.72. The quantitative estimate of drug-likeness (QED) is 0.877. The molecule has 18 heavy (non-hydrogen) atoms. The summed E-state index contributed by atoms with van der Waals surface area (Å²) in [6.07, 6.45) is 4.45. The van der Waals surface area contributed by atoms with Crippen molar-refractivity contribution < 1.29 is 4.42 Å². The first kappa shape index (κ1) is 12.8. The van der Waals surface area contributed by atoms with Gasteiger partial charge in [0, 0.05) is 18.3 Å². The van der Waals surface area contributed by atoms with Gasteiger partial charge in [-0.15, -0.1) is 0 Å². The molecule has 1 atom stereocenters.